The average molecular weight is 803 g/mol. The van der Waals surface area contributed by atoms with E-state index in [1.165, 1.54) is 6.92 Å². The lowest BCUT2D eigenvalue weighted by Crippen LogP contribution is -2.59. The number of aliphatic carboxylic acids is 1. The maximum atomic E-state index is 13.9. The van der Waals surface area contributed by atoms with E-state index in [9.17, 15) is 38.7 Å². The van der Waals surface area contributed by atoms with E-state index in [2.05, 4.69) is 31.9 Å². The minimum Gasteiger partial charge on any atom is -0.480 e. The molecule has 0 saturated carbocycles. The van der Waals surface area contributed by atoms with E-state index in [-0.39, 0.29) is 30.9 Å². The zero-order valence-electron chi connectivity index (χ0n) is 33.3. The Morgan fingerprint density at radius 1 is 0.643 bits per heavy atom. The lowest BCUT2D eigenvalue weighted by Gasteiger charge is -2.26. The molecule has 17 heteroatoms. The third-order valence-electron chi connectivity index (χ3n) is 7.60. The van der Waals surface area contributed by atoms with Crippen molar-refractivity contribution in [3.05, 3.63) is 59.1 Å². The summed E-state index contributed by atoms with van der Waals surface area (Å²) < 4.78 is 10.5. The minimum absolute atomic E-state index is 0.0506. The molecule has 2 aromatic carbocycles. The van der Waals surface area contributed by atoms with Crippen LogP contribution in [0.5, 0.6) is 0 Å². The Morgan fingerprint density at radius 2 is 1.12 bits per heavy atom. The van der Waals surface area contributed by atoms with Crippen molar-refractivity contribution < 1.29 is 48.1 Å². The van der Waals surface area contributed by atoms with Gasteiger partial charge in [-0.3, -0.25) is 19.2 Å². The average Bonchev–Trinajstić information content (AvgIpc) is 3.07. The summed E-state index contributed by atoms with van der Waals surface area (Å²) in [5.74, 6) is -4.50. The third-order valence-corrected chi connectivity index (χ3v) is 7.86. The molecule has 0 spiro atoms. The molecule has 0 aliphatic heterocycles. The summed E-state index contributed by atoms with van der Waals surface area (Å²) in [5.41, 5.74) is 0.155. The van der Waals surface area contributed by atoms with E-state index in [1.54, 1.807) is 91.8 Å². The van der Waals surface area contributed by atoms with Gasteiger partial charge in [-0.05, 0) is 103 Å². The van der Waals surface area contributed by atoms with Gasteiger partial charge in [0.1, 0.15) is 35.4 Å². The zero-order valence-corrected chi connectivity index (χ0v) is 34.1. The smallest absolute Gasteiger partial charge is 0.407 e. The molecule has 2 aromatic rings. The number of carboxylic acid groups (broad SMARTS) is 1. The fraction of sp³-hybridized carbons (Fsp3) is 0.513. The summed E-state index contributed by atoms with van der Waals surface area (Å²) in [6.07, 6.45) is -1.71. The fourth-order valence-electron chi connectivity index (χ4n) is 4.95. The number of carboxylic acids is 1. The van der Waals surface area contributed by atoms with Gasteiger partial charge in [-0.1, -0.05) is 49.7 Å². The zero-order chi connectivity index (χ0) is 42.4. The van der Waals surface area contributed by atoms with Crippen molar-refractivity contribution >= 4 is 53.4 Å². The maximum absolute atomic E-state index is 13.9. The highest BCUT2D eigenvalue weighted by molar-refractivity contribution is 6.30. The highest BCUT2D eigenvalue weighted by Gasteiger charge is 2.31. The molecule has 0 saturated heterocycles. The molecule has 7 N–H and O–H groups in total. The molecule has 308 valence electrons. The molecule has 0 aliphatic rings. The van der Waals surface area contributed by atoms with Crippen molar-refractivity contribution in [3.8, 4) is 11.1 Å². The highest BCUT2D eigenvalue weighted by Crippen LogP contribution is 2.22. The summed E-state index contributed by atoms with van der Waals surface area (Å²) in [6, 6.07) is 8.34. The second-order valence-electron chi connectivity index (χ2n) is 15.5. The van der Waals surface area contributed by atoms with E-state index in [1.807, 2.05) is 12.1 Å². The van der Waals surface area contributed by atoms with Crippen molar-refractivity contribution in [1.29, 1.82) is 0 Å². The molecule has 0 aromatic heterocycles. The van der Waals surface area contributed by atoms with Crippen molar-refractivity contribution in [2.75, 3.05) is 13.1 Å². The van der Waals surface area contributed by atoms with Gasteiger partial charge in [0.15, 0.2) is 0 Å². The van der Waals surface area contributed by atoms with Gasteiger partial charge in [0.25, 0.3) is 5.91 Å². The van der Waals surface area contributed by atoms with Crippen LogP contribution in [0.2, 0.25) is 5.02 Å². The first-order valence-electron chi connectivity index (χ1n) is 18.2. The predicted octanol–water partition coefficient (Wildman–Crippen LogP) is 4.15. The summed E-state index contributed by atoms with van der Waals surface area (Å²) in [5, 5.41) is 25.1. The molecular formula is C39H55ClN6O10. The lowest BCUT2D eigenvalue weighted by molar-refractivity contribution is -0.142. The van der Waals surface area contributed by atoms with Gasteiger partial charge in [-0.2, -0.15) is 0 Å². The van der Waals surface area contributed by atoms with E-state index < -0.39 is 83.7 Å². The summed E-state index contributed by atoms with van der Waals surface area (Å²) in [4.78, 5) is 90.4. The number of nitrogens with one attached hydrogen (secondary N) is 6. The van der Waals surface area contributed by atoms with Crippen LogP contribution in [0.25, 0.3) is 11.1 Å². The van der Waals surface area contributed by atoms with Crippen LogP contribution >= 0.6 is 11.6 Å². The quantitative estimate of drug-likeness (QED) is 0.121. The first-order valence-corrected chi connectivity index (χ1v) is 18.6. The van der Waals surface area contributed by atoms with Crippen LogP contribution in [-0.2, 0) is 28.7 Å². The topological polar surface area (TPSA) is 230 Å². The first kappa shape index (κ1) is 46.8. The maximum Gasteiger partial charge on any atom is 0.407 e. The van der Waals surface area contributed by atoms with Gasteiger partial charge in [0.05, 0.1) is 6.54 Å². The number of hydrogen-bond acceptors (Lipinski definition) is 9. The minimum atomic E-state index is -1.45. The van der Waals surface area contributed by atoms with Gasteiger partial charge in [-0.25, -0.2) is 14.4 Å². The molecule has 0 heterocycles. The Balaban J connectivity index is 2.33. The highest BCUT2D eigenvalue weighted by atomic mass is 35.5. The Morgan fingerprint density at radius 3 is 1.62 bits per heavy atom. The molecule has 4 atom stereocenters. The van der Waals surface area contributed by atoms with Gasteiger partial charge in [0, 0.05) is 17.1 Å². The fourth-order valence-corrected chi connectivity index (χ4v) is 5.08. The standard InChI is InChI=1S/C39H55ClN6O10/c1-22(2)20-29(35(51)52)45-31(47)23(3)43-33(49)28(18-19-41-36(53)55-38(4,5)6)44-34(50)30(21-42-37(54)56-39(7,8)9)46-32(48)26-12-10-24(11-13-26)25-14-16-27(40)17-15-25/h10-17,22-23,28-30H,18-21H2,1-9H3,(H,41,53)(H,42,54)(H,43,49)(H,44,50)(H,45,47)(H,46,48)(H,51,52)/t23-,28-,29-,30-/m0/s1. The molecule has 0 unspecified atom stereocenters. The summed E-state index contributed by atoms with van der Waals surface area (Å²) >= 11 is 6.00. The second kappa shape index (κ2) is 21.1. The molecule has 0 aliphatic carbocycles. The van der Waals surface area contributed by atoms with E-state index in [4.69, 9.17) is 21.1 Å². The number of hydrogen-bond donors (Lipinski definition) is 7. The summed E-state index contributed by atoms with van der Waals surface area (Å²) in [6.45, 7) is 14.2. The molecule has 0 bridgehead atoms. The van der Waals surface area contributed by atoms with Crippen LogP contribution in [-0.4, -0.2) is 95.4 Å². The van der Waals surface area contributed by atoms with Crippen LogP contribution in [0.1, 0.15) is 85.5 Å². The number of benzene rings is 2. The normalized spacial score (nSPS) is 13.6. The van der Waals surface area contributed by atoms with E-state index in [0.29, 0.717) is 5.02 Å². The van der Waals surface area contributed by atoms with Crippen molar-refractivity contribution in [2.45, 2.75) is 111 Å². The summed E-state index contributed by atoms with van der Waals surface area (Å²) in [7, 11) is 0. The molecule has 6 amide bonds. The van der Waals surface area contributed by atoms with E-state index >= 15 is 0 Å². The molecule has 16 nitrogen and oxygen atoms in total. The lowest BCUT2D eigenvalue weighted by atomic mass is 10.0. The van der Waals surface area contributed by atoms with Crippen molar-refractivity contribution in [2.24, 2.45) is 5.92 Å². The first-order chi connectivity index (χ1) is 25.9. The third kappa shape index (κ3) is 17.4. The number of alkyl carbamates (subject to hydrolysis) is 2. The molecular weight excluding hydrogens is 748 g/mol. The predicted molar refractivity (Wildman–Crippen MR) is 210 cm³/mol. The second-order valence-corrected chi connectivity index (χ2v) is 16.0. The monoisotopic (exact) mass is 802 g/mol. The molecule has 0 fully saturated rings. The molecule has 0 radical (unpaired) electrons. The number of ether oxygens (including phenoxy) is 2. The van der Waals surface area contributed by atoms with Crippen molar-refractivity contribution in [3.63, 3.8) is 0 Å². The Labute approximate surface area is 332 Å². The van der Waals surface area contributed by atoms with Crippen molar-refractivity contribution in [1.82, 2.24) is 31.9 Å². The van der Waals surface area contributed by atoms with Crippen LogP contribution in [0.15, 0.2) is 48.5 Å². The van der Waals surface area contributed by atoms with Gasteiger partial charge in [-0.15, -0.1) is 0 Å². The SMILES string of the molecule is CC(C)C[C@H](NC(=O)[C@H](C)NC(=O)[C@H](CCNC(=O)OC(C)(C)C)NC(=O)[C@H](CNC(=O)OC(C)(C)C)NC(=O)c1ccc(-c2ccc(Cl)cc2)cc1)C(=O)O. The van der Waals surface area contributed by atoms with E-state index in [0.717, 1.165) is 11.1 Å². The van der Waals surface area contributed by atoms with Crippen LogP contribution in [0.4, 0.5) is 9.59 Å². The number of carbonyl (C=O) groups is 7. The van der Waals surface area contributed by atoms with Crippen LogP contribution < -0.4 is 31.9 Å². The van der Waals surface area contributed by atoms with Gasteiger partial charge >= 0.3 is 18.2 Å². The number of rotatable bonds is 17. The number of amides is 6. The number of carbonyl (C=O) groups excluding carboxylic acids is 6. The number of halogens is 1. The Kier molecular flexibility index (Phi) is 17.6. The Hall–Kier alpha value is -5.38. The molecule has 2 rings (SSSR count). The Bertz CT molecular complexity index is 1690. The van der Waals surface area contributed by atoms with Gasteiger partial charge < -0.3 is 46.5 Å². The molecule has 56 heavy (non-hydrogen) atoms. The van der Waals surface area contributed by atoms with Gasteiger partial charge in [0.2, 0.25) is 17.7 Å². The van der Waals surface area contributed by atoms with Crippen LogP contribution in [0, 0.1) is 5.92 Å². The largest absolute Gasteiger partial charge is 0.480 e. The van der Waals surface area contributed by atoms with Crippen LogP contribution in [0.3, 0.4) is 0 Å².